The van der Waals surface area contributed by atoms with Crippen molar-refractivity contribution in [3.8, 4) is 11.5 Å². The summed E-state index contributed by atoms with van der Waals surface area (Å²) in [5, 5.41) is 13.6. The molecule has 1 fully saturated rings. The van der Waals surface area contributed by atoms with E-state index in [1.807, 2.05) is 13.0 Å². The van der Waals surface area contributed by atoms with E-state index in [9.17, 15) is 23.1 Å². The highest BCUT2D eigenvalue weighted by molar-refractivity contribution is 7.90. The Kier molecular flexibility index (Phi) is 10.3. The lowest BCUT2D eigenvalue weighted by Crippen LogP contribution is -2.49. The fourth-order valence-corrected chi connectivity index (χ4v) is 9.93. The number of allylic oxidation sites excluding steroid dienone is 1. The maximum absolute atomic E-state index is 13.9. The van der Waals surface area contributed by atoms with Crippen LogP contribution in [0.5, 0.6) is 11.5 Å². The third-order valence-electron chi connectivity index (χ3n) is 11.5. The minimum atomic E-state index is -4.32. The van der Waals surface area contributed by atoms with Crippen molar-refractivity contribution in [3.63, 3.8) is 0 Å². The number of nitrogens with one attached hydrogen (secondary N) is 2. The van der Waals surface area contributed by atoms with Crippen LogP contribution in [0.4, 0.5) is 11.4 Å². The third kappa shape index (κ3) is 7.40. The van der Waals surface area contributed by atoms with Gasteiger partial charge in [-0.05, 0) is 117 Å². The second-order valence-electron chi connectivity index (χ2n) is 14.8. The summed E-state index contributed by atoms with van der Waals surface area (Å²) < 4.78 is 41.9. The lowest BCUT2D eigenvalue weighted by Gasteiger charge is -2.45. The summed E-state index contributed by atoms with van der Waals surface area (Å²) in [6.07, 6.45) is 7.54. The molecule has 0 radical (unpaired) electrons. The minimum absolute atomic E-state index is 0.0352. The van der Waals surface area contributed by atoms with Gasteiger partial charge in [0.25, 0.3) is 5.91 Å². The largest absolute Gasteiger partial charge is 0.497 e. The molecule has 2 aliphatic heterocycles. The van der Waals surface area contributed by atoms with Gasteiger partial charge in [0, 0.05) is 47.3 Å². The Labute approximate surface area is 310 Å². The number of aryl methyl sites for hydroxylation is 2. The van der Waals surface area contributed by atoms with Crippen LogP contribution in [0.25, 0.3) is 0 Å². The zero-order valence-electron chi connectivity index (χ0n) is 29.6. The number of amides is 2. The summed E-state index contributed by atoms with van der Waals surface area (Å²) >= 11 is 6.42. The Morgan fingerprint density at radius 2 is 1.98 bits per heavy atom. The zero-order valence-corrected chi connectivity index (χ0v) is 31.1. The molecular formula is C40H46ClN3O7S. The summed E-state index contributed by atoms with van der Waals surface area (Å²) in [5.74, 6) is 0.140. The highest BCUT2D eigenvalue weighted by atomic mass is 35.5. The third-order valence-corrected chi connectivity index (χ3v) is 13.4. The number of sulfonamides is 1. The highest BCUT2D eigenvalue weighted by Gasteiger charge is 2.44. The molecule has 1 spiro atoms. The number of halogens is 1. The van der Waals surface area contributed by atoms with Crippen molar-refractivity contribution in [2.24, 2.45) is 11.8 Å². The van der Waals surface area contributed by atoms with Gasteiger partial charge in [-0.1, -0.05) is 35.9 Å². The van der Waals surface area contributed by atoms with Gasteiger partial charge in [-0.15, -0.1) is 0 Å². The number of benzene rings is 3. The number of rotatable bonds is 4. The quantitative estimate of drug-likeness (QED) is 0.264. The van der Waals surface area contributed by atoms with Crippen molar-refractivity contribution < 1.29 is 32.6 Å². The first-order valence-electron chi connectivity index (χ1n) is 18.1. The molecule has 0 aromatic heterocycles. The van der Waals surface area contributed by atoms with Crippen molar-refractivity contribution in [1.82, 2.24) is 4.72 Å². The average Bonchev–Trinajstić information content (AvgIpc) is 3.25. The highest BCUT2D eigenvalue weighted by Crippen LogP contribution is 2.47. The average molecular weight is 748 g/mol. The van der Waals surface area contributed by atoms with Gasteiger partial charge in [-0.3, -0.25) is 9.59 Å². The first kappa shape index (κ1) is 36.3. The Bertz CT molecular complexity index is 2000. The molecule has 52 heavy (non-hydrogen) atoms. The molecule has 3 N–H and O–H groups in total. The summed E-state index contributed by atoms with van der Waals surface area (Å²) in [6, 6.07) is 16.4. The van der Waals surface area contributed by atoms with Gasteiger partial charge in [0.05, 0.1) is 30.8 Å². The molecule has 7 rings (SSSR count). The Balaban J connectivity index is 1.21. The van der Waals surface area contributed by atoms with E-state index in [1.54, 1.807) is 48.6 Å². The number of hydrogen-bond donors (Lipinski definition) is 3. The molecule has 2 aliphatic carbocycles. The monoisotopic (exact) mass is 747 g/mol. The number of carbonyl (C=O) groups is 2. The van der Waals surface area contributed by atoms with Gasteiger partial charge < -0.3 is 24.8 Å². The lowest BCUT2D eigenvalue weighted by molar-refractivity contribution is -0.116. The van der Waals surface area contributed by atoms with E-state index in [0.717, 1.165) is 43.4 Å². The normalized spacial score (nSPS) is 27.5. The second kappa shape index (κ2) is 14.8. The zero-order chi connectivity index (χ0) is 36.6. The van der Waals surface area contributed by atoms with E-state index in [0.29, 0.717) is 48.3 Å². The Morgan fingerprint density at radius 3 is 2.77 bits per heavy atom. The number of hydrogen-bond acceptors (Lipinski definition) is 8. The van der Waals surface area contributed by atoms with Gasteiger partial charge in [0.15, 0.2) is 0 Å². The van der Waals surface area contributed by atoms with Crippen LogP contribution in [0.2, 0.25) is 5.02 Å². The van der Waals surface area contributed by atoms with E-state index in [1.165, 1.54) is 18.2 Å². The van der Waals surface area contributed by atoms with E-state index >= 15 is 0 Å². The number of aliphatic hydroxyl groups is 1. The van der Waals surface area contributed by atoms with Crippen molar-refractivity contribution >= 4 is 44.8 Å². The first-order chi connectivity index (χ1) is 24.9. The molecular weight excluding hydrogens is 702 g/mol. The summed E-state index contributed by atoms with van der Waals surface area (Å²) in [7, 11) is -2.79. The molecule has 3 aromatic rings. The molecule has 3 aromatic carbocycles. The van der Waals surface area contributed by atoms with Crippen LogP contribution in [-0.4, -0.2) is 63.5 Å². The van der Waals surface area contributed by atoms with Crippen LogP contribution < -0.4 is 24.4 Å². The number of anilines is 2. The van der Waals surface area contributed by atoms with Gasteiger partial charge >= 0.3 is 0 Å². The number of aliphatic hydroxyl groups excluding tert-OH is 1. The molecule has 0 saturated heterocycles. The van der Waals surface area contributed by atoms with Crippen LogP contribution in [0.3, 0.4) is 0 Å². The van der Waals surface area contributed by atoms with Gasteiger partial charge in [0.1, 0.15) is 11.5 Å². The summed E-state index contributed by atoms with van der Waals surface area (Å²) in [4.78, 5) is 29.4. The van der Waals surface area contributed by atoms with Crippen LogP contribution in [0, 0.1) is 18.8 Å². The fraction of sp³-hybridized carbons (Fsp3) is 0.450. The molecule has 2 bridgehead atoms. The van der Waals surface area contributed by atoms with Crippen LogP contribution >= 0.6 is 11.6 Å². The van der Waals surface area contributed by atoms with Crippen LogP contribution in [0.1, 0.15) is 72.0 Å². The molecule has 2 heterocycles. The number of fused-ring (bicyclic) bond motifs is 4. The molecule has 276 valence electrons. The minimum Gasteiger partial charge on any atom is -0.497 e. The molecule has 4 aliphatic rings. The van der Waals surface area contributed by atoms with Gasteiger partial charge in [-0.2, -0.15) is 0 Å². The molecule has 2 amide bonds. The smallest absolute Gasteiger partial charge is 0.264 e. The van der Waals surface area contributed by atoms with Crippen molar-refractivity contribution in [2.75, 3.05) is 37.0 Å². The fourth-order valence-electron chi connectivity index (χ4n) is 8.38. The molecule has 5 atom stereocenters. The number of methoxy groups -OCH3 is 1. The predicted molar refractivity (Wildman–Crippen MR) is 202 cm³/mol. The lowest BCUT2D eigenvalue weighted by atomic mass is 9.68. The van der Waals surface area contributed by atoms with E-state index in [2.05, 4.69) is 27.1 Å². The van der Waals surface area contributed by atoms with Crippen LogP contribution in [-0.2, 0) is 26.7 Å². The number of ether oxygens (including phenoxy) is 2. The molecule has 10 nitrogen and oxygen atoms in total. The van der Waals surface area contributed by atoms with E-state index < -0.39 is 33.2 Å². The van der Waals surface area contributed by atoms with E-state index in [4.69, 9.17) is 21.1 Å². The molecule has 1 saturated carbocycles. The van der Waals surface area contributed by atoms with Gasteiger partial charge in [-0.25, -0.2) is 13.1 Å². The summed E-state index contributed by atoms with van der Waals surface area (Å²) in [5.41, 5.74) is 4.31. The molecule has 0 unspecified atom stereocenters. The molecule has 12 heteroatoms. The van der Waals surface area contributed by atoms with Crippen LogP contribution in [0.15, 0.2) is 66.7 Å². The standard InChI is InChI=1S/C40H46ClN3O7S/c1-25-9-13-30(50-2)20-34(25)42-38(46)21-31-7-3-4-8-36(45)32-14-10-28(32)22-44-23-40(17-5-6-26-18-29(41)12-15-33(26)40)24-51-37-16-11-27(19-35(37)44)39(47)43-52(31,48)49/h4,8-9,11-13,15-16,18-20,28,31-32,36,45H,3,5-7,10,14,17,21-24H2,1-2H3,(H,42,46)(H,43,47)/b8-4+/t28-,31-,32+,36-,40-/m0/s1. The maximum atomic E-state index is 13.9. The Hall–Kier alpha value is -4.06. The topological polar surface area (TPSA) is 134 Å². The second-order valence-corrected chi connectivity index (χ2v) is 17.2. The van der Waals surface area contributed by atoms with Crippen molar-refractivity contribution in [2.45, 2.75) is 75.1 Å². The maximum Gasteiger partial charge on any atom is 0.264 e. The SMILES string of the molecule is COc1ccc(C)c(NC(=O)C[C@@H]2CC/C=C/[C@H](O)[C@@H]3CC[C@H]3CN3C[C@@]4(CCCc5cc(Cl)ccc54)COc4ccc(cc43)C(=O)NS2(=O)=O)c1. The predicted octanol–water partition coefficient (Wildman–Crippen LogP) is 6.32. The number of carbonyl (C=O) groups excluding carboxylic acids is 2. The number of nitrogens with zero attached hydrogens (tertiary/aromatic N) is 1. The Morgan fingerprint density at radius 1 is 1.13 bits per heavy atom. The van der Waals surface area contributed by atoms with E-state index in [-0.39, 0.29) is 35.7 Å². The summed E-state index contributed by atoms with van der Waals surface area (Å²) in [6.45, 7) is 3.57. The van der Waals surface area contributed by atoms with Crippen molar-refractivity contribution in [1.29, 1.82) is 0 Å². The van der Waals surface area contributed by atoms with Gasteiger partial charge in [0.2, 0.25) is 15.9 Å². The first-order valence-corrected chi connectivity index (χ1v) is 20.0. The van der Waals surface area contributed by atoms with Crippen molar-refractivity contribution in [3.05, 3.63) is 94.0 Å².